The van der Waals surface area contributed by atoms with Gasteiger partial charge < -0.3 is 54.7 Å². The Morgan fingerprint density at radius 1 is 0.617 bits per heavy atom. The van der Waals surface area contributed by atoms with Crippen molar-refractivity contribution in [1.29, 1.82) is 0 Å². The Morgan fingerprint density at radius 3 is 1.84 bits per heavy atom. The van der Waals surface area contributed by atoms with E-state index in [0.29, 0.717) is 38.6 Å². The Kier molecular flexibility index (Phi) is 22.2. The molecule has 0 aliphatic carbocycles. The molecule has 7 amide bonds. The van der Waals surface area contributed by atoms with Crippen LogP contribution < -0.4 is 16.0 Å². The van der Waals surface area contributed by atoms with E-state index in [4.69, 9.17) is 9.47 Å². The molecular weight excluding hydrogens is 1190 g/mol. The molecule has 20 nitrogen and oxygen atoms in total. The first-order valence-corrected chi connectivity index (χ1v) is 33.2. The molecule has 4 N–H and O–H groups in total. The quantitative estimate of drug-likeness (QED) is 0.0644. The molecule has 3 aliphatic heterocycles. The third kappa shape index (κ3) is 15.5. The molecular formula is C74H95N9O11. The number of aliphatic hydroxyl groups is 1. The molecule has 0 spiro atoms. The number of carbonyl (C=O) groups is 8. The summed E-state index contributed by atoms with van der Waals surface area (Å²) in [5.74, 6) is -6.45. The fraction of sp³-hybridized carbons (Fsp3) is 0.486. The lowest BCUT2D eigenvalue weighted by atomic mass is 9.94. The summed E-state index contributed by atoms with van der Waals surface area (Å²) < 4.78 is 15.0. The summed E-state index contributed by atoms with van der Waals surface area (Å²) in [5, 5.41) is 22.9. The number of nitrogens with zero attached hydrogens (tertiary/aromatic N) is 6. The summed E-state index contributed by atoms with van der Waals surface area (Å²) >= 11 is 0. The molecule has 0 bridgehead atoms. The minimum Gasteiger partial charge on any atom is -0.450 e. The molecule has 502 valence electrons. The van der Waals surface area contributed by atoms with Gasteiger partial charge in [0.15, 0.2) is 12.1 Å². The van der Waals surface area contributed by atoms with Crippen LogP contribution in [0.25, 0.3) is 38.6 Å². The standard InChI is InChI=1S/C74H95N9O11/c1-14-45(5)62-70(89)79(11)47(7)66(85)76-55(39-44(3)4)69(88)81(13)65(74(8,9)92)73(91)94-63(46(6)15-2)71(90)78(10)43-61(84)75-56(41-48-25-17-16-18-26-48)68(87)80(12)60(64-72(93-64)82-38-24-33-59(82)67(86)77-62)42-49-27-23-28-51(40-49)50-34-36-52(37-35-50)83-57-31-21-19-29-53(57)54-30-20-22-32-58(54)83/h16-23,25-32,34-37,40,44-47,55-56,59-60,62-65,72,92H,14-15,24,33,38-39,41-43H2,1-13H3,(H,75,84)(H,76,85)(H,77,86)/t45?,46-,47+,55?,56?,59+,60?,62?,63?,64?,65?,72?/m1/s1. The number of likely N-dealkylation sites (N-methyl/N-ethyl adjacent to an activating group) is 4. The van der Waals surface area contributed by atoms with Crippen molar-refractivity contribution in [3.63, 3.8) is 0 Å². The second-order valence-electron chi connectivity index (χ2n) is 27.2. The van der Waals surface area contributed by atoms with Gasteiger partial charge in [-0.15, -0.1) is 0 Å². The Morgan fingerprint density at radius 2 is 1.22 bits per heavy atom. The van der Waals surface area contributed by atoms with Crippen LogP contribution in [-0.2, 0) is 60.7 Å². The first-order chi connectivity index (χ1) is 44.7. The molecule has 0 saturated carbocycles. The van der Waals surface area contributed by atoms with Crippen molar-refractivity contribution in [2.24, 2.45) is 17.8 Å². The number of hydrogen-bond donors (Lipinski definition) is 4. The lowest BCUT2D eigenvalue weighted by Crippen LogP contribution is -2.62. The minimum absolute atomic E-state index is 0.0763. The third-order valence-corrected chi connectivity index (χ3v) is 19.4. The maximum atomic E-state index is 15.6. The zero-order valence-corrected chi connectivity index (χ0v) is 56.7. The van der Waals surface area contributed by atoms with E-state index in [-0.39, 0.29) is 24.7 Å². The van der Waals surface area contributed by atoms with Crippen LogP contribution in [0.3, 0.4) is 0 Å². The van der Waals surface area contributed by atoms with Gasteiger partial charge in [0.1, 0.15) is 36.5 Å². The minimum atomic E-state index is -1.96. The van der Waals surface area contributed by atoms with Crippen molar-refractivity contribution >= 4 is 69.1 Å². The first-order valence-electron chi connectivity index (χ1n) is 33.2. The lowest BCUT2D eigenvalue weighted by Gasteiger charge is -2.38. The van der Waals surface area contributed by atoms with Gasteiger partial charge in [0.25, 0.3) is 5.91 Å². The van der Waals surface area contributed by atoms with Crippen LogP contribution >= 0.6 is 0 Å². The number of aromatic nitrogens is 1. The van der Waals surface area contributed by atoms with Crippen LogP contribution in [0, 0.1) is 17.8 Å². The number of amides is 7. The van der Waals surface area contributed by atoms with E-state index >= 15 is 4.79 Å². The zero-order chi connectivity index (χ0) is 68.0. The van der Waals surface area contributed by atoms with Crippen molar-refractivity contribution in [3.8, 4) is 16.8 Å². The second-order valence-corrected chi connectivity index (χ2v) is 27.2. The summed E-state index contributed by atoms with van der Waals surface area (Å²) in [7, 11) is 5.87. The first kappa shape index (κ1) is 69.9. The third-order valence-electron chi connectivity index (χ3n) is 19.4. The number of hydrogen-bond acceptors (Lipinski definition) is 12. The second kappa shape index (κ2) is 29.9. The number of carbonyl (C=O) groups excluding carboxylic acids is 8. The predicted octanol–water partition coefficient (Wildman–Crippen LogP) is 7.67. The molecule has 4 heterocycles. The molecule has 6 aromatic rings. The Bertz CT molecular complexity index is 3660. The number of nitrogens with one attached hydrogen (secondary N) is 3. The van der Waals surface area contributed by atoms with Crippen LogP contribution in [0.4, 0.5) is 0 Å². The normalized spacial score (nSPS) is 25.5. The average Bonchev–Trinajstić information content (AvgIpc) is 1.60. The van der Waals surface area contributed by atoms with E-state index in [2.05, 4.69) is 87.2 Å². The fourth-order valence-electron chi connectivity index (χ4n) is 13.5. The van der Waals surface area contributed by atoms with Gasteiger partial charge >= 0.3 is 5.97 Å². The van der Waals surface area contributed by atoms with Gasteiger partial charge in [-0.2, -0.15) is 0 Å². The van der Waals surface area contributed by atoms with Crippen molar-refractivity contribution < 1.29 is 52.9 Å². The van der Waals surface area contributed by atoms with Crippen LogP contribution in [0.15, 0.2) is 127 Å². The zero-order valence-electron chi connectivity index (χ0n) is 56.7. The van der Waals surface area contributed by atoms with Gasteiger partial charge in [-0.3, -0.25) is 38.5 Å². The maximum absolute atomic E-state index is 15.6. The number of ether oxygens (including phenoxy) is 2. The average molecular weight is 1290 g/mol. The molecule has 3 aliphatic rings. The molecule has 3 saturated heterocycles. The van der Waals surface area contributed by atoms with Crippen molar-refractivity contribution in [2.45, 2.75) is 174 Å². The number of fused-ring (bicyclic) bond motifs is 6. The van der Waals surface area contributed by atoms with Crippen LogP contribution in [0.2, 0.25) is 0 Å². The van der Waals surface area contributed by atoms with Gasteiger partial charge in [-0.1, -0.05) is 151 Å². The Labute approximate surface area is 552 Å². The van der Waals surface area contributed by atoms with E-state index in [1.165, 1.54) is 57.6 Å². The topological polar surface area (TPSA) is 236 Å². The van der Waals surface area contributed by atoms with E-state index < -0.39 is 126 Å². The molecule has 94 heavy (non-hydrogen) atoms. The highest BCUT2D eigenvalue weighted by molar-refractivity contribution is 6.09. The molecule has 9 unspecified atom stereocenters. The van der Waals surface area contributed by atoms with Crippen LogP contribution in [0.1, 0.15) is 106 Å². The molecule has 3 fully saturated rings. The van der Waals surface area contributed by atoms with E-state index in [0.717, 1.165) is 48.8 Å². The Balaban J connectivity index is 1.07. The van der Waals surface area contributed by atoms with Crippen LogP contribution in [-0.4, -0.2) is 189 Å². The molecule has 12 atom stereocenters. The smallest absolute Gasteiger partial charge is 0.332 e. The van der Waals surface area contributed by atoms with Gasteiger partial charge in [0, 0.05) is 63.5 Å². The SMILES string of the molecule is CCC(C)C1NC(=O)[C@@H]2CCCN2C2OC2C(Cc2cccc(-c3ccc(-n4c5ccccc5c5ccccc54)cc3)c2)N(C)C(=O)C(Cc2ccccc2)NC(=O)CN(C)C(=O)C([C@H](C)CC)OC(=O)C(C(C)(C)O)N(C)C(=O)C(CC(C)C)NC(=O)[C@H](C)N(C)C1=O. The molecule has 5 aromatic carbocycles. The molecule has 0 radical (unpaired) electrons. The van der Waals surface area contributed by atoms with Gasteiger partial charge in [-0.25, -0.2) is 4.79 Å². The molecule has 20 heteroatoms. The maximum Gasteiger partial charge on any atom is 0.332 e. The summed E-state index contributed by atoms with van der Waals surface area (Å²) in [6.45, 7) is 15.1. The van der Waals surface area contributed by atoms with Crippen molar-refractivity contribution in [2.75, 3.05) is 41.3 Å². The molecule has 9 rings (SSSR count). The monoisotopic (exact) mass is 1290 g/mol. The number of esters is 1. The lowest BCUT2D eigenvalue weighted by molar-refractivity contribution is -0.176. The van der Waals surface area contributed by atoms with Gasteiger partial charge in [-0.05, 0) is 111 Å². The number of benzene rings is 5. The largest absolute Gasteiger partial charge is 0.450 e. The highest BCUT2D eigenvalue weighted by Crippen LogP contribution is 2.39. The predicted molar refractivity (Wildman–Crippen MR) is 362 cm³/mol. The summed E-state index contributed by atoms with van der Waals surface area (Å²) in [4.78, 5) is 125. The van der Waals surface area contributed by atoms with Crippen LogP contribution in [0.5, 0.6) is 0 Å². The number of para-hydroxylation sites is 2. The van der Waals surface area contributed by atoms with Crippen molar-refractivity contribution in [3.05, 3.63) is 139 Å². The highest BCUT2D eigenvalue weighted by Gasteiger charge is 2.55. The highest BCUT2D eigenvalue weighted by atomic mass is 16.6. The number of cyclic esters (lactones) is 1. The number of rotatable bonds is 13. The Hall–Kier alpha value is -8.46. The molecule has 1 aromatic heterocycles. The summed E-state index contributed by atoms with van der Waals surface area (Å²) in [6.07, 6.45) is -0.305. The summed E-state index contributed by atoms with van der Waals surface area (Å²) in [5.41, 5.74) is 4.84. The van der Waals surface area contributed by atoms with E-state index in [1.54, 1.807) is 25.8 Å². The van der Waals surface area contributed by atoms with E-state index in [1.807, 2.05) is 93.3 Å². The van der Waals surface area contributed by atoms with E-state index in [9.17, 15) is 38.7 Å². The van der Waals surface area contributed by atoms with Crippen molar-refractivity contribution in [1.82, 2.24) is 45.0 Å². The summed E-state index contributed by atoms with van der Waals surface area (Å²) in [6, 6.07) is 34.9. The van der Waals surface area contributed by atoms with Gasteiger partial charge in [0.05, 0.1) is 35.3 Å². The van der Waals surface area contributed by atoms with Gasteiger partial charge in [0.2, 0.25) is 35.4 Å². The fourth-order valence-corrected chi connectivity index (χ4v) is 13.5. The number of epoxide rings is 1.